The van der Waals surface area contributed by atoms with Crippen LogP contribution in [0.3, 0.4) is 0 Å². The van der Waals surface area contributed by atoms with E-state index in [1.54, 1.807) is 12.1 Å². The molecule has 1 aliphatic heterocycles. The van der Waals surface area contributed by atoms with Crippen LogP contribution in [0.15, 0.2) is 27.6 Å². The van der Waals surface area contributed by atoms with Gasteiger partial charge in [-0.15, -0.1) is 0 Å². The van der Waals surface area contributed by atoms with Gasteiger partial charge in [-0.25, -0.2) is 13.1 Å². The molecular weight excluding hydrogens is 372 g/mol. The maximum atomic E-state index is 12.5. The number of rotatable bonds is 6. The lowest BCUT2D eigenvalue weighted by atomic mass is 10.2. The molecule has 0 saturated carbocycles. The first-order valence-corrected chi connectivity index (χ1v) is 10.4. The van der Waals surface area contributed by atoms with Gasteiger partial charge >= 0.3 is 0 Å². The van der Waals surface area contributed by atoms with Gasteiger partial charge in [-0.05, 0) is 59.3 Å². The van der Waals surface area contributed by atoms with E-state index in [9.17, 15) is 8.42 Å². The molecule has 0 bridgehead atoms. The number of benzene rings is 1. The first-order chi connectivity index (χ1) is 10.0. The van der Waals surface area contributed by atoms with Crippen molar-refractivity contribution >= 4 is 37.7 Å². The van der Waals surface area contributed by atoms with E-state index in [2.05, 4.69) is 26.0 Å². The van der Waals surface area contributed by atoms with Crippen LogP contribution in [-0.2, 0) is 16.6 Å². The Labute approximate surface area is 139 Å². The van der Waals surface area contributed by atoms with Crippen LogP contribution in [0.2, 0.25) is 0 Å². The molecule has 0 amide bonds. The summed E-state index contributed by atoms with van der Waals surface area (Å²) in [4.78, 5) is 0.316. The van der Waals surface area contributed by atoms with Gasteiger partial charge in [0.15, 0.2) is 0 Å². The summed E-state index contributed by atoms with van der Waals surface area (Å²) in [5, 5.41) is 3.43. The number of thioether (sulfide) groups is 1. The fraction of sp³-hybridized carbons (Fsp3) is 0.571. The zero-order valence-corrected chi connectivity index (χ0v) is 15.3. The zero-order valence-electron chi connectivity index (χ0n) is 12.1. The summed E-state index contributed by atoms with van der Waals surface area (Å²) in [6.45, 7) is 1.16. The van der Waals surface area contributed by atoms with Gasteiger partial charge in [-0.3, -0.25) is 0 Å². The molecule has 1 saturated heterocycles. The van der Waals surface area contributed by atoms with E-state index >= 15 is 0 Å². The van der Waals surface area contributed by atoms with Crippen LogP contribution in [0.5, 0.6) is 0 Å². The second kappa shape index (κ2) is 7.97. The van der Waals surface area contributed by atoms with Gasteiger partial charge in [-0.2, -0.15) is 11.8 Å². The minimum absolute atomic E-state index is 0.316. The van der Waals surface area contributed by atoms with Crippen LogP contribution in [0.1, 0.15) is 24.8 Å². The third-order valence-electron chi connectivity index (χ3n) is 3.44. The Morgan fingerprint density at radius 2 is 2.19 bits per heavy atom. The third kappa shape index (κ3) is 4.96. The predicted molar refractivity (Wildman–Crippen MR) is 92.2 cm³/mol. The molecule has 1 aromatic carbocycles. The molecule has 0 aromatic heterocycles. The molecule has 1 heterocycles. The van der Waals surface area contributed by atoms with Crippen molar-refractivity contribution in [2.24, 2.45) is 0 Å². The molecule has 118 valence electrons. The summed E-state index contributed by atoms with van der Waals surface area (Å²) < 4.78 is 28.3. The van der Waals surface area contributed by atoms with Gasteiger partial charge < -0.3 is 5.32 Å². The molecule has 21 heavy (non-hydrogen) atoms. The van der Waals surface area contributed by atoms with Gasteiger partial charge in [0.1, 0.15) is 0 Å². The molecule has 4 nitrogen and oxygen atoms in total. The second-order valence-electron chi connectivity index (χ2n) is 5.14. The lowest BCUT2D eigenvalue weighted by molar-refractivity contribution is 0.573. The van der Waals surface area contributed by atoms with Crippen LogP contribution in [-0.4, -0.2) is 33.0 Å². The Morgan fingerprint density at radius 1 is 1.38 bits per heavy atom. The second-order valence-corrected chi connectivity index (χ2v) is 9.13. The van der Waals surface area contributed by atoms with E-state index in [1.165, 1.54) is 12.8 Å². The summed E-state index contributed by atoms with van der Waals surface area (Å²) in [6.07, 6.45) is 3.53. The zero-order chi connectivity index (χ0) is 15.3. The summed E-state index contributed by atoms with van der Waals surface area (Å²) in [7, 11) is -1.63. The van der Waals surface area contributed by atoms with E-state index in [1.807, 2.05) is 24.9 Å². The molecule has 1 fully saturated rings. The number of hydrogen-bond acceptors (Lipinski definition) is 4. The molecular formula is C14H21BrN2O2S2. The third-order valence-corrected chi connectivity index (χ3v) is 7.26. The predicted octanol–water partition coefficient (Wildman–Crippen LogP) is 2.73. The van der Waals surface area contributed by atoms with E-state index in [0.29, 0.717) is 27.7 Å². The van der Waals surface area contributed by atoms with Crippen molar-refractivity contribution in [1.29, 1.82) is 0 Å². The minimum atomic E-state index is -3.47. The molecule has 0 spiro atoms. The molecule has 1 unspecified atom stereocenters. The van der Waals surface area contributed by atoms with Gasteiger partial charge in [0.05, 0.1) is 4.90 Å². The quantitative estimate of drug-likeness (QED) is 0.781. The summed E-state index contributed by atoms with van der Waals surface area (Å²) in [5.74, 6) is 1.13. The monoisotopic (exact) mass is 392 g/mol. The van der Waals surface area contributed by atoms with Crippen molar-refractivity contribution in [2.45, 2.75) is 36.0 Å². The number of nitrogens with one attached hydrogen (secondary N) is 2. The van der Waals surface area contributed by atoms with Crippen molar-refractivity contribution in [3.8, 4) is 0 Å². The Bertz CT molecular complexity index is 572. The Balaban J connectivity index is 2.08. The maximum Gasteiger partial charge on any atom is 0.241 e. The Morgan fingerprint density at radius 3 is 2.86 bits per heavy atom. The van der Waals surface area contributed by atoms with Crippen molar-refractivity contribution in [1.82, 2.24) is 10.0 Å². The molecule has 7 heteroatoms. The molecule has 2 rings (SSSR count). The highest BCUT2D eigenvalue weighted by Gasteiger charge is 2.21. The highest BCUT2D eigenvalue weighted by Crippen LogP contribution is 2.26. The fourth-order valence-corrected chi connectivity index (χ4v) is 5.75. The highest BCUT2D eigenvalue weighted by molar-refractivity contribution is 9.10. The largest absolute Gasteiger partial charge is 0.316 e. The van der Waals surface area contributed by atoms with Gasteiger partial charge in [0, 0.05) is 22.8 Å². The highest BCUT2D eigenvalue weighted by atomic mass is 79.9. The standard InChI is InChI=1S/C14H21BrN2O2S2/c1-16-9-11-5-6-13(15)14(8-11)21(18,19)17-10-12-4-2-3-7-20-12/h5-6,8,12,16-17H,2-4,7,9-10H2,1H3. The van der Waals surface area contributed by atoms with Crippen molar-refractivity contribution in [2.75, 3.05) is 19.3 Å². The van der Waals surface area contributed by atoms with Crippen LogP contribution < -0.4 is 10.0 Å². The maximum absolute atomic E-state index is 12.5. The Kier molecular flexibility index (Phi) is 6.55. The molecule has 0 aliphatic carbocycles. The van der Waals surface area contributed by atoms with Crippen molar-refractivity contribution in [3.05, 3.63) is 28.2 Å². The van der Waals surface area contributed by atoms with Crippen LogP contribution in [0, 0.1) is 0 Å². The number of hydrogen-bond donors (Lipinski definition) is 2. The molecule has 1 aliphatic rings. The molecule has 1 atom stereocenters. The molecule has 0 radical (unpaired) electrons. The normalized spacial score (nSPS) is 19.6. The van der Waals surface area contributed by atoms with Gasteiger partial charge in [-0.1, -0.05) is 12.5 Å². The number of halogens is 1. The summed E-state index contributed by atoms with van der Waals surface area (Å²) >= 11 is 5.20. The van der Waals surface area contributed by atoms with Crippen LogP contribution >= 0.6 is 27.7 Å². The Hall–Kier alpha value is -0.0800. The van der Waals surface area contributed by atoms with E-state index in [-0.39, 0.29) is 0 Å². The van der Waals surface area contributed by atoms with Crippen LogP contribution in [0.4, 0.5) is 0 Å². The van der Waals surface area contributed by atoms with Gasteiger partial charge in [0.25, 0.3) is 0 Å². The van der Waals surface area contributed by atoms with Crippen LogP contribution in [0.25, 0.3) is 0 Å². The topological polar surface area (TPSA) is 58.2 Å². The van der Waals surface area contributed by atoms with Gasteiger partial charge in [0.2, 0.25) is 10.0 Å². The lowest BCUT2D eigenvalue weighted by Gasteiger charge is -2.21. The smallest absolute Gasteiger partial charge is 0.241 e. The minimum Gasteiger partial charge on any atom is -0.316 e. The SMILES string of the molecule is CNCc1ccc(Br)c(S(=O)(=O)NCC2CCCCS2)c1. The average Bonchev–Trinajstić information content (AvgIpc) is 2.48. The van der Waals surface area contributed by atoms with E-state index < -0.39 is 10.0 Å². The summed E-state index contributed by atoms with van der Waals surface area (Å²) in [6, 6.07) is 5.42. The van der Waals surface area contributed by atoms with Crippen molar-refractivity contribution < 1.29 is 8.42 Å². The molecule has 1 aromatic rings. The first-order valence-electron chi connectivity index (χ1n) is 7.07. The van der Waals surface area contributed by atoms with E-state index in [0.717, 1.165) is 17.7 Å². The fourth-order valence-electron chi connectivity index (χ4n) is 2.32. The average molecular weight is 393 g/mol. The molecule has 2 N–H and O–H groups in total. The lowest BCUT2D eigenvalue weighted by Crippen LogP contribution is -2.32. The number of sulfonamides is 1. The first kappa shape index (κ1) is 17.3. The van der Waals surface area contributed by atoms with Crippen molar-refractivity contribution in [3.63, 3.8) is 0 Å². The van der Waals surface area contributed by atoms with E-state index in [4.69, 9.17) is 0 Å². The summed E-state index contributed by atoms with van der Waals surface area (Å²) in [5.41, 5.74) is 0.952.